The fraction of sp³-hybridized carbons (Fsp3) is 0.400. The van der Waals surface area contributed by atoms with Crippen LogP contribution in [0.25, 0.3) is 0 Å². The number of Topliss-reactive ketones (excluding diaryl/α,β-unsaturated/α-hetero) is 1. The van der Waals surface area contributed by atoms with Crippen molar-refractivity contribution in [2.75, 3.05) is 18.5 Å². The van der Waals surface area contributed by atoms with E-state index in [1.54, 1.807) is 30.3 Å². The summed E-state index contributed by atoms with van der Waals surface area (Å²) < 4.78 is 10.7. The lowest BCUT2D eigenvalue weighted by Crippen LogP contribution is -2.27. The van der Waals surface area contributed by atoms with Gasteiger partial charge in [-0.25, -0.2) is 4.79 Å². The van der Waals surface area contributed by atoms with E-state index in [0.29, 0.717) is 22.0 Å². The molecule has 0 spiro atoms. The van der Waals surface area contributed by atoms with Gasteiger partial charge in [0.1, 0.15) is 5.75 Å². The van der Waals surface area contributed by atoms with E-state index in [4.69, 9.17) is 21.1 Å². The van der Waals surface area contributed by atoms with Crippen molar-refractivity contribution in [3.05, 3.63) is 58.1 Å². The summed E-state index contributed by atoms with van der Waals surface area (Å²) in [6.45, 7) is 10.6. The van der Waals surface area contributed by atoms with Crippen LogP contribution in [0.2, 0.25) is 5.02 Å². The second-order valence-electron chi connectivity index (χ2n) is 8.95. The Bertz CT molecular complexity index is 991. The van der Waals surface area contributed by atoms with Crippen molar-refractivity contribution < 1.29 is 23.9 Å². The average molecular weight is 460 g/mol. The van der Waals surface area contributed by atoms with Gasteiger partial charge in [-0.15, -0.1) is 0 Å². The molecule has 0 aliphatic carbocycles. The molecular formula is C25H30ClNO5. The lowest BCUT2D eigenvalue weighted by molar-refractivity contribution is -0.144. The normalized spacial score (nSPS) is 11.2. The topological polar surface area (TPSA) is 81.7 Å². The van der Waals surface area contributed by atoms with Gasteiger partial charge < -0.3 is 14.8 Å². The second kappa shape index (κ2) is 10.6. The van der Waals surface area contributed by atoms with Crippen molar-refractivity contribution in [3.63, 3.8) is 0 Å². The molecule has 0 aromatic heterocycles. The Kier molecular flexibility index (Phi) is 8.44. The van der Waals surface area contributed by atoms with Crippen molar-refractivity contribution in [1.82, 2.24) is 0 Å². The molecule has 2 aromatic carbocycles. The van der Waals surface area contributed by atoms with E-state index in [2.05, 4.69) is 5.32 Å². The molecule has 2 rings (SSSR count). The number of carbonyl (C=O) groups is 3. The van der Waals surface area contributed by atoms with Crippen LogP contribution in [0.4, 0.5) is 5.69 Å². The molecule has 0 aliphatic heterocycles. The molecule has 6 nitrogen and oxygen atoms in total. The molecule has 0 radical (unpaired) electrons. The van der Waals surface area contributed by atoms with Gasteiger partial charge in [0.25, 0.3) is 0 Å². The third-order valence-corrected chi connectivity index (χ3v) is 5.18. The number of nitrogens with one attached hydrogen (secondary N) is 1. The van der Waals surface area contributed by atoms with Gasteiger partial charge in [0, 0.05) is 21.7 Å². The Balaban J connectivity index is 1.89. The highest BCUT2D eigenvalue weighted by Crippen LogP contribution is 2.32. The Morgan fingerprint density at radius 3 is 2.22 bits per heavy atom. The Morgan fingerprint density at radius 1 is 1.03 bits per heavy atom. The number of amides is 1. The fourth-order valence-electron chi connectivity index (χ4n) is 2.71. The van der Waals surface area contributed by atoms with E-state index < -0.39 is 18.0 Å². The maximum atomic E-state index is 12.3. The van der Waals surface area contributed by atoms with Gasteiger partial charge in [0.05, 0.1) is 0 Å². The third-order valence-electron chi connectivity index (χ3n) is 4.77. The molecule has 0 atom stereocenters. The molecule has 0 bridgehead atoms. The molecule has 2 aromatic rings. The number of aryl methyl sites for hydroxylation is 1. The van der Waals surface area contributed by atoms with Gasteiger partial charge in [-0.3, -0.25) is 9.59 Å². The molecule has 0 aliphatic rings. The second-order valence-corrected chi connectivity index (χ2v) is 9.36. The molecule has 1 N–H and O–H groups in total. The summed E-state index contributed by atoms with van der Waals surface area (Å²) in [5.41, 5.74) is 2.18. The quantitative estimate of drug-likeness (QED) is 0.412. The molecule has 172 valence electrons. The lowest BCUT2D eigenvalue weighted by atomic mass is 9.95. The van der Waals surface area contributed by atoms with Crippen molar-refractivity contribution >= 4 is 34.9 Å². The van der Waals surface area contributed by atoms with Gasteiger partial charge in [-0.2, -0.15) is 0 Å². The van der Waals surface area contributed by atoms with E-state index >= 15 is 0 Å². The standard InChI is InChI=1S/C25H30ClNO5/c1-15(2)19-12-20(26)16(3)11-22(19)31-14-23(29)32-13-21(28)17-7-9-18(10-8-17)27-24(30)25(4,5)6/h7-12,15H,13-14H2,1-6H3,(H,27,30). The zero-order valence-corrected chi connectivity index (χ0v) is 20.1. The predicted octanol–water partition coefficient (Wildman–Crippen LogP) is 5.56. The molecule has 0 saturated carbocycles. The highest BCUT2D eigenvalue weighted by atomic mass is 35.5. The van der Waals surface area contributed by atoms with E-state index in [0.717, 1.165) is 11.1 Å². The highest BCUT2D eigenvalue weighted by molar-refractivity contribution is 6.31. The summed E-state index contributed by atoms with van der Waals surface area (Å²) in [5.74, 6) is -0.385. The maximum absolute atomic E-state index is 12.3. The summed E-state index contributed by atoms with van der Waals surface area (Å²) in [6.07, 6.45) is 0. The van der Waals surface area contributed by atoms with Crippen LogP contribution < -0.4 is 10.1 Å². The summed E-state index contributed by atoms with van der Waals surface area (Å²) in [4.78, 5) is 36.4. The first-order valence-corrected chi connectivity index (χ1v) is 10.8. The smallest absolute Gasteiger partial charge is 0.344 e. The van der Waals surface area contributed by atoms with Crippen molar-refractivity contribution in [2.24, 2.45) is 5.41 Å². The van der Waals surface area contributed by atoms with E-state index in [-0.39, 0.29) is 24.2 Å². The number of anilines is 1. The monoisotopic (exact) mass is 459 g/mol. The van der Waals surface area contributed by atoms with Gasteiger partial charge in [-0.1, -0.05) is 46.2 Å². The minimum Gasteiger partial charge on any atom is -0.482 e. The fourth-order valence-corrected chi connectivity index (χ4v) is 2.88. The van der Waals surface area contributed by atoms with Gasteiger partial charge in [0.15, 0.2) is 19.0 Å². The Hall–Kier alpha value is -2.86. The molecule has 7 heteroatoms. The largest absolute Gasteiger partial charge is 0.482 e. The lowest BCUT2D eigenvalue weighted by Gasteiger charge is -2.17. The van der Waals surface area contributed by atoms with Crippen LogP contribution in [0.15, 0.2) is 36.4 Å². The molecule has 0 heterocycles. The number of carbonyl (C=O) groups excluding carboxylic acids is 3. The zero-order chi connectivity index (χ0) is 24.1. The number of rotatable bonds is 8. The van der Waals surface area contributed by atoms with Crippen molar-refractivity contribution in [1.29, 1.82) is 0 Å². The molecule has 0 unspecified atom stereocenters. The zero-order valence-electron chi connectivity index (χ0n) is 19.4. The van der Waals surface area contributed by atoms with Crippen molar-refractivity contribution in [3.8, 4) is 5.75 Å². The third kappa shape index (κ3) is 7.09. The summed E-state index contributed by atoms with van der Waals surface area (Å²) in [5, 5.41) is 3.43. The van der Waals surface area contributed by atoms with E-state index in [1.807, 2.05) is 47.6 Å². The first kappa shape index (κ1) is 25.4. The number of hydrogen-bond acceptors (Lipinski definition) is 5. The molecule has 0 saturated heterocycles. The summed E-state index contributed by atoms with van der Waals surface area (Å²) in [6, 6.07) is 10.1. The summed E-state index contributed by atoms with van der Waals surface area (Å²) in [7, 11) is 0. The predicted molar refractivity (Wildman–Crippen MR) is 126 cm³/mol. The number of ether oxygens (including phenoxy) is 2. The minimum absolute atomic E-state index is 0.123. The van der Waals surface area contributed by atoms with Gasteiger partial charge in [0.2, 0.25) is 5.91 Å². The first-order valence-electron chi connectivity index (χ1n) is 10.4. The number of hydrogen-bond donors (Lipinski definition) is 1. The highest BCUT2D eigenvalue weighted by Gasteiger charge is 2.21. The van der Waals surface area contributed by atoms with Crippen LogP contribution in [-0.4, -0.2) is 30.9 Å². The van der Waals surface area contributed by atoms with Crippen LogP contribution in [0.3, 0.4) is 0 Å². The number of esters is 1. The maximum Gasteiger partial charge on any atom is 0.344 e. The van der Waals surface area contributed by atoms with Crippen LogP contribution in [-0.2, 0) is 14.3 Å². The minimum atomic E-state index is -0.644. The van der Waals surface area contributed by atoms with Crippen LogP contribution in [0, 0.1) is 12.3 Å². The van der Waals surface area contributed by atoms with Gasteiger partial charge in [-0.05, 0) is 60.4 Å². The van der Waals surface area contributed by atoms with Crippen LogP contribution in [0.5, 0.6) is 5.75 Å². The molecule has 1 amide bonds. The Labute approximate surface area is 194 Å². The number of benzene rings is 2. The van der Waals surface area contributed by atoms with E-state index in [1.165, 1.54) is 0 Å². The molecule has 32 heavy (non-hydrogen) atoms. The number of ketones is 1. The van der Waals surface area contributed by atoms with E-state index in [9.17, 15) is 14.4 Å². The first-order chi connectivity index (χ1) is 14.9. The molecular weight excluding hydrogens is 430 g/mol. The van der Waals surface area contributed by atoms with Crippen molar-refractivity contribution in [2.45, 2.75) is 47.5 Å². The average Bonchev–Trinajstić information content (AvgIpc) is 2.72. The van der Waals surface area contributed by atoms with Crippen LogP contribution >= 0.6 is 11.6 Å². The molecule has 0 fully saturated rings. The summed E-state index contributed by atoms with van der Waals surface area (Å²) >= 11 is 6.18. The SMILES string of the molecule is Cc1cc(OCC(=O)OCC(=O)c2ccc(NC(=O)C(C)(C)C)cc2)c(C(C)C)cc1Cl. The van der Waals surface area contributed by atoms with Crippen LogP contribution in [0.1, 0.15) is 62.0 Å². The van der Waals surface area contributed by atoms with Gasteiger partial charge >= 0.3 is 5.97 Å². The Morgan fingerprint density at radius 2 is 1.66 bits per heavy atom. The number of halogens is 1.